The molecule has 0 saturated carbocycles. The van der Waals surface area contributed by atoms with Crippen molar-refractivity contribution in [3.63, 3.8) is 0 Å². The lowest BCUT2D eigenvalue weighted by Crippen LogP contribution is -2.45. The average molecular weight is 529 g/mol. The molecule has 1 unspecified atom stereocenters. The molecule has 3 rings (SSSR count). The first-order valence-electron chi connectivity index (χ1n) is 10.0. The number of hydrogen-bond donors (Lipinski definition) is 2. The van der Waals surface area contributed by atoms with Crippen molar-refractivity contribution < 1.29 is 14.2 Å². The van der Waals surface area contributed by atoms with Gasteiger partial charge in [-0.15, -0.1) is 24.0 Å². The number of guanidine groups is 1. The summed E-state index contributed by atoms with van der Waals surface area (Å²) in [6, 6.07) is 7.73. The van der Waals surface area contributed by atoms with Crippen LogP contribution in [0.5, 0.6) is 11.5 Å². The van der Waals surface area contributed by atoms with Crippen LogP contribution in [-0.2, 0) is 17.8 Å². The molecule has 0 radical (unpaired) electrons. The SMILES string of the molecule is CCNC(=NCc1c(C)nn(CCOC)c1C)NCC1COc2ccccc2O1.I. The van der Waals surface area contributed by atoms with Gasteiger partial charge in [-0.2, -0.15) is 5.10 Å². The summed E-state index contributed by atoms with van der Waals surface area (Å²) < 4.78 is 18.9. The molecule has 30 heavy (non-hydrogen) atoms. The molecule has 9 heteroatoms. The van der Waals surface area contributed by atoms with E-state index in [0.29, 0.717) is 26.3 Å². The molecule has 1 atom stereocenters. The summed E-state index contributed by atoms with van der Waals surface area (Å²) in [7, 11) is 1.70. The molecule has 2 aromatic rings. The van der Waals surface area contributed by atoms with E-state index < -0.39 is 0 Å². The van der Waals surface area contributed by atoms with Crippen LogP contribution >= 0.6 is 24.0 Å². The number of fused-ring (bicyclic) bond motifs is 1. The molecule has 0 aliphatic carbocycles. The predicted molar refractivity (Wildman–Crippen MR) is 128 cm³/mol. The minimum atomic E-state index is -0.0750. The van der Waals surface area contributed by atoms with E-state index in [1.54, 1.807) is 7.11 Å². The number of rotatable bonds is 8. The van der Waals surface area contributed by atoms with Crippen molar-refractivity contribution in [3.8, 4) is 11.5 Å². The van der Waals surface area contributed by atoms with Crippen molar-refractivity contribution in [1.29, 1.82) is 0 Å². The molecule has 0 saturated heterocycles. The largest absolute Gasteiger partial charge is 0.486 e. The maximum Gasteiger partial charge on any atom is 0.191 e. The van der Waals surface area contributed by atoms with Crippen LogP contribution in [-0.4, -0.2) is 55.3 Å². The second-order valence-electron chi connectivity index (χ2n) is 6.94. The molecule has 1 aliphatic rings. The number of aryl methyl sites for hydroxylation is 1. The van der Waals surface area contributed by atoms with E-state index in [1.165, 1.54) is 0 Å². The standard InChI is InChI=1S/C21H31N5O3.HI/c1-5-22-21(23-12-17-14-28-19-8-6-7-9-20(19)29-17)24-13-18-15(2)25-26(16(18)3)10-11-27-4;/h6-9,17H,5,10-14H2,1-4H3,(H2,22,23,24);1H. The van der Waals surface area contributed by atoms with Crippen LogP contribution < -0.4 is 20.1 Å². The van der Waals surface area contributed by atoms with E-state index in [4.69, 9.17) is 19.2 Å². The van der Waals surface area contributed by atoms with Crippen molar-refractivity contribution >= 4 is 29.9 Å². The Hall–Kier alpha value is -2.01. The first-order chi connectivity index (χ1) is 14.1. The van der Waals surface area contributed by atoms with Crippen molar-refractivity contribution in [2.24, 2.45) is 4.99 Å². The molecule has 0 amide bonds. The minimum Gasteiger partial charge on any atom is -0.486 e. The van der Waals surface area contributed by atoms with Crippen molar-refractivity contribution in [3.05, 3.63) is 41.2 Å². The Bertz CT molecular complexity index is 840. The fraction of sp³-hybridized carbons (Fsp3) is 0.524. The first kappa shape index (κ1) is 24.3. The van der Waals surface area contributed by atoms with Crippen LogP contribution in [0.25, 0.3) is 0 Å². The highest BCUT2D eigenvalue weighted by Gasteiger charge is 2.20. The highest BCUT2D eigenvalue weighted by molar-refractivity contribution is 14.0. The van der Waals surface area contributed by atoms with Gasteiger partial charge in [-0.1, -0.05) is 12.1 Å². The number of hydrogen-bond acceptors (Lipinski definition) is 5. The summed E-state index contributed by atoms with van der Waals surface area (Å²) >= 11 is 0. The molecule has 1 aromatic carbocycles. The molecule has 0 fully saturated rings. The van der Waals surface area contributed by atoms with Gasteiger partial charge < -0.3 is 24.8 Å². The fourth-order valence-electron chi connectivity index (χ4n) is 3.23. The smallest absolute Gasteiger partial charge is 0.191 e. The molecular formula is C21H32IN5O3. The second kappa shape index (κ2) is 12.0. The number of methoxy groups -OCH3 is 1. The van der Waals surface area contributed by atoms with Crippen LogP contribution in [0.1, 0.15) is 23.9 Å². The Morgan fingerprint density at radius 1 is 1.27 bits per heavy atom. The molecule has 0 bridgehead atoms. The van der Waals surface area contributed by atoms with Crippen molar-refractivity contribution in [2.45, 2.75) is 40.0 Å². The Morgan fingerprint density at radius 3 is 2.77 bits per heavy atom. The van der Waals surface area contributed by atoms with E-state index in [9.17, 15) is 0 Å². The lowest BCUT2D eigenvalue weighted by Gasteiger charge is -2.27. The lowest BCUT2D eigenvalue weighted by molar-refractivity contribution is 0.0936. The van der Waals surface area contributed by atoms with Crippen molar-refractivity contribution in [2.75, 3.05) is 33.4 Å². The topological polar surface area (TPSA) is 81.9 Å². The number of benzene rings is 1. The number of aliphatic imine (C=N–C) groups is 1. The Balaban J connectivity index is 0.00000320. The molecule has 2 N–H and O–H groups in total. The highest BCUT2D eigenvalue weighted by atomic mass is 127. The average Bonchev–Trinajstić information content (AvgIpc) is 3.01. The zero-order valence-electron chi connectivity index (χ0n) is 18.1. The van der Waals surface area contributed by atoms with E-state index in [1.807, 2.05) is 42.8 Å². The van der Waals surface area contributed by atoms with Gasteiger partial charge in [-0.3, -0.25) is 4.68 Å². The Morgan fingerprint density at radius 2 is 2.03 bits per heavy atom. The molecule has 8 nitrogen and oxygen atoms in total. The van der Waals surface area contributed by atoms with Gasteiger partial charge >= 0.3 is 0 Å². The number of halogens is 1. The second-order valence-corrected chi connectivity index (χ2v) is 6.94. The number of para-hydroxylation sites is 2. The van der Waals surface area contributed by atoms with Crippen LogP contribution in [0.2, 0.25) is 0 Å². The molecule has 166 valence electrons. The van der Waals surface area contributed by atoms with E-state index in [2.05, 4.69) is 22.7 Å². The quantitative estimate of drug-likeness (QED) is 0.311. The monoisotopic (exact) mass is 529 g/mol. The van der Waals surface area contributed by atoms with E-state index in [-0.39, 0.29) is 30.1 Å². The van der Waals surface area contributed by atoms with Gasteiger partial charge in [-0.05, 0) is 32.9 Å². The molecule has 0 spiro atoms. The zero-order valence-corrected chi connectivity index (χ0v) is 20.4. The molecule has 2 heterocycles. The van der Waals surface area contributed by atoms with Crippen LogP contribution in [0.15, 0.2) is 29.3 Å². The van der Waals surface area contributed by atoms with Crippen LogP contribution in [0, 0.1) is 13.8 Å². The van der Waals surface area contributed by atoms with Crippen molar-refractivity contribution in [1.82, 2.24) is 20.4 Å². The molecular weight excluding hydrogens is 497 g/mol. The minimum absolute atomic E-state index is 0. The maximum absolute atomic E-state index is 6.01. The van der Waals surface area contributed by atoms with Gasteiger partial charge in [0.25, 0.3) is 0 Å². The molecule has 1 aliphatic heterocycles. The summed E-state index contributed by atoms with van der Waals surface area (Å²) in [6.07, 6.45) is -0.0750. The Kier molecular flexibility index (Phi) is 9.70. The van der Waals surface area contributed by atoms with Crippen LogP contribution in [0.4, 0.5) is 0 Å². The zero-order chi connectivity index (χ0) is 20.6. The third-order valence-electron chi connectivity index (χ3n) is 4.84. The summed E-state index contributed by atoms with van der Waals surface area (Å²) in [5, 5.41) is 11.2. The maximum atomic E-state index is 6.01. The third kappa shape index (κ3) is 6.24. The van der Waals surface area contributed by atoms with E-state index in [0.717, 1.165) is 47.5 Å². The summed E-state index contributed by atoms with van der Waals surface area (Å²) in [5.41, 5.74) is 3.27. The summed E-state index contributed by atoms with van der Waals surface area (Å²) in [5.74, 6) is 2.32. The number of ether oxygens (including phenoxy) is 3. The number of nitrogens with one attached hydrogen (secondary N) is 2. The number of aromatic nitrogens is 2. The lowest BCUT2D eigenvalue weighted by atomic mass is 10.2. The van der Waals surface area contributed by atoms with Gasteiger partial charge in [0, 0.05) is 24.9 Å². The predicted octanol–water partition coefficient (Wildman–Crippen LogP) is 2.66. The highest BCUT2D eigenvalue weighted by Crippen LogP contribution is 2.30. The van der Waals surface area contributed by atoms with Crippen LogP contribution in [0.3, 0.4) is 0 Å². The Labute approximate surface area is 195 Å². The van der Waals surface area contributed by atoms with Gasteiger partial charge in [0.05, 0.1) is 31.9 Å². The first-order valence-corrected chi connectivity index (χ1v) is 10.0. The third-order valence-corrected chi connectivity index (χ3v) is 4.84. The molecule has 1 aromatic heterocycles. The van der Waals surface area contributed by atoms with E-state index >= 15 is 0 Å². The van der Waals surface area contributed by atoms with Gasteiger partial charge in [-0.25, -0.2) is 4.99 Å². The van der Waals surface area contributed by atoms with Gasteiger partial charge in [0.15, 0.2) is 17.5 Å². The van der Waals surface area contributed by atoms with Gasteiger partial charge in [0.2, 0.25) is 0 Å². The number of nitrogens with zero attached hydrogens (tertiary/aromatic N) is 3. The summed E-state index contributed by atoms with van der Waals surface area (Å²) in [6.45, 7) is 9.98. The van der Waals surface area contributed by atoms with Gasteiger partial charge in [0.1, 0.15) is 12.7 Å². The fourth-order valence-corrected chi connectivity index (χ4v) is 3.23. The normalized spacial score (nSPS) is 15.5. The summed E-state index contributed by atoms with van der Waals surface area (Å²) in [4.78, 5) is 4.74.